The van der Waals surface area contributed by atoms with Crippen molar-refractivity contribution in [1.82, 2.24) is 9.97 Å². The molecule has 8 nitrogen and oxygen atoms in total. The predicted octanol–water partition coefficient (Wildman–Crippen LogP) is 3.51. The molecule has 0 amide bonds. The number of ketones is 4. The normalized spacial score (nSPS) is 18.8. The van der Waals surface area contributed by atoms with Gasteiger partial charge in [0.2, 0.25) is 11.6 Å². The molecule has 0 spiro atoms. The van der Waals surface area contributed by atoms with E-state index >= 15 is 0 Å². The molecular weight excluding hydrogens is 436 g/mol. The first-order valence-electron chi connectivity index (χ1n) is 10.0. The highest BCUT2D eigenvalue weighted by atomic mass is 32.1. The molecule has 31 heavy (non-hydrogen) atoms. The first-order valence-corrected chi connectivity index (χ1v) is 11.7. The Morgan fingerprint density at radius 2 is 1.13 bits per heavy atom. The second-order valence-corrected chi connectivity index (χ2v) is 9.80. The summed E-state index contributed by atoms with van der Waals surface area (Å²) in [7, 11) is 0. The van der Waals surface area contributed by atoms with E-state index in [9.17, 15) is 19.2 Å². The number of Topliss-reactive ketones (excluding diaryl/α,β-unsaturated/α-hetero) is 4. The summed E-state index contributed by atoms with van der Waals surface area (Å²) in [4.78, 5) is 67.1. The van der Waals surface area contributed by atoms with Crippen LogP contribution in [0.15, 0.2) is 9.98 Å². The average Bonchev–Trinajstić information content (AvgIpc) is 3.32. The van der Waals surface area contributed by atoms with Crippen LogP contribution < -0.4 is 0 Å². The minimum absolute atomic E-state index is 0.0370. The summed E-state index contributed by atoms with van der Waals surface area (Å²) in [5.74, 6) is -0.690. The Balaban J connectivity index is 1.26. The van der Waals surface area contributed by atoms with Gasteiger partial charge in [0.1, 0.15) is 21.1 Å². The number of unbranched alkanes of at least 4 members (excludes halogenated alkanes) is 2. The van der Waals surface area contributed by atoms with Crippen LogP contribution >= 0.6 is 22.7 Å². The first-order chi connectivity index (χ1) is 14.8. The van der Waals surface area contributed by atoms with E-state index in [0.717, 1.165) is 19.3 Å². The van der Waals surface area contributed by atoms with Gasteiger partial charge < -0.3 is 0 Å². The third-order valence-corrected chi connectivity index (χ3v) is 7.03. The molecule has 2 aliphatic carbocycles. The fourth-order valence-electron chi connectivity index (χ4n) is 3.52. The highest BCUT2D eigenvalue weighted by Crippen LogP contribution is 2.26. The first kappa shape index (κ1) is 21.5. The zero-order chi connectivity index (χ0) is 22.1. The van der Waals surface area contributed by atoms with Crippen molar-refractivity contribution in [3.63, 3.8) is 0 Å². The molecule has 0 radical (unpaired) electrons. The summed E-state index contributed by atoms with van der Waals surface area (Å²) < 4.78 is 0. The lowest BCUT2D eigenvalue weighted by atomic mass is 9.98. The van der Waals surface area contributed by atoms with Gasteiger partial charge in [-0.1, -0.05) is 0 Å². The van der Waals surface area contributed by atoms with Gasteiger partial charge in [-0.15, -0.1) is 22.7 Å². The number of aliphatic imine (C=N–C) groups is 2. The van der Waals surface area contributed by atoms with E-state index in [0.29, 0.717) is 32.9 Å². The predicted molar refractivity (Wildman–Crippen MR) is 119 cm³/mol. The minimum Gasteiger partial charge on any atom is -0.293 e. The molecule has 4 rings (SSSR count). The highest BCUT2D eigenvalue weighted by Gasteiger charge is 2.33. The number of hydrogen-bond acceptors (Lipinski definition) is 10. The number of carbonyl (C=O) groups excluding carboxylic acids is 4. The topological polar surface area (TPSA) is 119 Å². The highest BCUT2D eigenvalue weighted by molar-refractivity contribution is 7.14. The van der Waals surface area contributed by atoms with Gasteiger partial charge >= 0.3 is 0 Å². The van der Waals surface area contributed by atoms with Gasteiger partial charge in [0, 0.05) is 13.1 Å². The summed E-state index contributed by atoms with van der Waals surface area (Å²) in [5, 5.41) is 1.41. The number of nitrogens with zero attached hydrogens (tertiary/aromatic N) is 4. The molecule has 2 heterocycles. The fourth-order valence-corrected chi connectivity index (χ4v) is 5.23. The maximum Gasteiger partial charge on any atom is 0.227 e. The second kappa shape index (κ2) is 8.80. The molecular formula is C21H20N4O4S2. The molecule has 10 heteroatoms. The number of carbonyl (C=O) groups is 4. The Morgan fingerprint density at radius 3 is 1.55 bits per heavy atom. The van der Waals surface area contributed by atoms with Crippen LogP contribution in [0.5, 0.6) is 0 Å². The summed E-state index contributed by atoms with van der Waals surface area (Å²) in [6.45, 7) is 4.44. The maximum absolute atomic E-state index is 12.4. The molecule has 0 bridgehead atoms. The quantitative estimate of drug-likeness (QED) is 0.614. The monoisotopic (exact) mass is 456 g/mol. The van der Waals surface area contributed by atoms with Crippen molar-refractivity contribution in [2.24, 2.45) is 9.98 Å². The van der Waals surface area contributed by atoms with E-state index in [1.807, 2.05) is 0 Å². The lowest BCUT2D eigenvalue weighted by Crippen LogP contribution is -2.26. The Hall–Kier alpha value is -2.72. The third kappa shape index (κ3) is 4.35. The molecule has 0 saturated carbocycles. The molecule has 0 N–H and O–H groups in total. The molecule has 0 aliphatic heterocycles. The Labute approximate surface area is 186 Å². The van der Waals surface area contributed by atoms with Gasteiger partial charge in [0.05, 0.1) is 34.3 Å². The van der Waals surface area contributed by atoms with Crippen LogP contribution in [0.25, 0.3) is 0 Å². The van der Waals surface area contributed by atoms with Crippen LogP contribution in [0.4, 0.5) is 0 Å². The third-order valence-electron chi connectivity index (χ3n) is 5.01. The zero-order valence-electron chi connectivity index (χ0n) is 17.2. The van der Waals surface area contributed by atoms with Gasteiger partial charge in [-0.3, -0.25) is 29.2 Å². The van der Waals surface area contributed by atoms with Gasteiger partial charge in [-0.2, -0.15) is 0 Å². The Kier molecular flexibility index (Phi) is 6.10. The van der Waals surface area contributed by atoms with Gasteiger partial charge in [-0.05, 0) is 33.1 Å². The lowest BCUT2D eigenvalue weighted by Gasteiger charge is -2.11. The van der Waals surface area contributed by atoms with Gasteiger partial charge in [0.25, 0.3) is 0 Å². The summed E-state index contributed by atoms with van der Waals surface area (Å²) >= 11 is 2.51. The van der Waals surface area contributed by atoms with Crippen LogP contribution in [-0.4, -0.2) is 57.6 Å². The number of aryl methyl sites for hydroxylation is 2. The number of fused-ring (bicyclic) bond motifs is 2. The van der Waals surface area contributed by atoms with Crippen molar-refractivity contribution in [2.75, 3.05) is 13.1 Å². The van der Waals surface area contributed by atoms with E-state index in [4.69, 9.17) is 0 Å². The van der Waals surface area contributed by atoms with E-state index in [1.165, 1.54) is 22.7 Å². The van der Waals surface area contributed by atoms with Crippen molar-refractivity contribution in [1.29, 1.82) is 0 Å². The molecule has 0 fully saturated rings. The van der Waals surface area contributed by atoms with E-state index in [1.54, 1.807) is 13.8 Å². The molecule has 2 aromatic rings. The van der Waals surface area contributed by atoms with Crippen LogP contribution in [0.3, 0.4) is 0 Å². The van der Waals surface area contributed by atoms with E-state index in [-0.39, 0.29) is 58.8 Å². The smallest absolute Gasteiger partial charge is 0.227 e. The molecule has 0 atom stereocenters. The van der Waals surface area contributed by atoms with Crippen LogP contribution in [-0.2, 0) is 0 Å². The average molecular weight is 457 g/mol. The van der Waals surface area contributed by atoms with Gasteiger partial charge in [0.15, 0.2) is 11.6 Å². The van der Waals surface area contributed by atoms with E-state index < -0.39 is 0 Å². The number of aromatic nitrogens is 2. The standard InChI is InChI=1S/C21H20N4O4S2/c1-10-24-16-18(28)12(8-14(26)20(16)30-10)22-6-4-3-5-7-23-13-9-15(27)21-17(19(13)29)25-11(2)31-21/h3-9H2,1-2H3. The van der Waals surface area contributed by atoms with Crippen molar-refractivity contribution in [2.45, 2.75) is 46.0 Å². The van der Waals surface area contributed by atoms with E-state index in [2.05, 4.69) is 20.0 Å². The maximum atomic E-state index is 12.4. The largest absolute Gasteiger partial charge is 0.293 e. The number of thiazole rings is 2. The molecule has 2 aliphatic rings. The minimum atomic E-state index is -0.248. The molecule has 0 aromatic carbocycles. The van der Waals surface area contributed by atoms with Crippen LogP contribution in [0, 0.1) is 13.8 Å². The van der Waals surface area contributed by atoms with Gasteiger partial charge in [-0.25, -0.2) is 9.97 Å². The summed E-state index contributed by atoms with van der Waals surface area (Å²) in [6.07, 6.45) is 2.35. The number of rotatable bonds is 6. The summed E-state index contributed by atoms with van der Waals surface area (Å²) in [5.41, 5.74) is 1.03. The van der Waals surface area contributed by atoms with Crippen LogP contribution in [0.2, 0.25) is 0 Å². The lowest BCUT2D eigenvalue weighted by molar-refractivity contribution is 0.0965. The Bertz CT molecular complexity index is 1080. The molecule has 0 saturated heterocycles. The molecule has 2 aromatic heterocycles. The second-order valence-electron chi connectivity index (χ2n) is 7.40. The SMILES string of the molecule is Cc1nc2c(s1)C(=O)CC(=NCCCCCN=C1CC(=O)c3sc(C)nc3C1=O)C2=O. The number of hydrogen-bond donors (Lipinski definition) is 0. The van der Waals surface area contributed by atoms with Crippen molar-refractivity contribution in [3.8, 4) is 0 Å². The van der Waals surface area contributed by atoms with Crippen molar-refractivity contribution >= 4 is 57.2 Å². The molecule has 160 valence electrons. The van der Waals surface area contributed by atoms with Crippen molar-refractivity contribution in [3.05, 3.63) is 31.2 Å². The summed E-state index contributed by atoms with van der Waals surface area (Å²) in [6, 6.07) is 0. The Morgan fingerprint density at radius 1 is 0.710 bits per heavy atom. The molecule has 0 unspecified atom stereocenters. The fraction of sp³-hybridized carbons (Fsp3) is 0.429. The van der Waals surface area contributed by atoms with Crippen molar-refractivity contribution < 1.29 is 19.2 Å². The zero-order valence-corrected chi connectivity index (χ0v) is 18.8. The van der Waals surface area contributed by atoms with Crippen LogP contribution in [0.1, 0.15) is 82.4 Å².